The van der Waals surface area contributed by atoms with Gasteiger partial charge in [-0.3, -0.25) is 4.90 Å². The third kappa shape index (κ3) is 2.42. The summed E-state index contributed by atoms with van der Waals surface area (Å²) in [6.07, 6.45) is 2.50. The van der Waals surface area contributed by atoms with Crippen molar-refractivity contribution in [2.24, 2.45) is 5.41 Å². The number of likely N-dealkylation sites (tertiary alicyclic amines) is 1. The summed E-state index contributed by atoms with van der Waals surface area (Å²) < 4.78 is 6.68. The minimum atomic E-state index is 0.583. The number of hydrogen-bond acceptors (Lipinski definition) is 2. The fraction of sp³-hybridized carbons (Fsp3) is 0.571. The molecule has 2 saturated heterocycles. The van der Waals surface area contributed by atoms with Gasteiger partial charge in [-0.25, -0.2) is 0 Å². The van der Waals surface area contributed by atoms with Crippen LogP contribution in [-0.4, -0.2) is 31.2 Å². The lowest BCUT2D eigenvalue weighted by molar-refractivity contribution is -0.0839. The SMILES string of the molecule is Brc1ccccc1CN1CC2(CCOCC2)C1. The maximum absolute atomic E-state index is 5.45. The summed E-state index contributed by atoms with van der Waals surface area (Å²) in [5.41, 5.74) is 1.98. The van der Waals surface area contributed by atoms with Crippen molar-refractivity contribution >= 4 is 15.9 Å². The van der Waals surface area contributed by atoms with Crippen molar-refractivity contribution in [3.8, 4) is 0 Å². The molecule has 0 aliphatic carbocycles. The van der Waals surface area contributed by atoms with E-state index in [9.17, 15) is 0 Å². The lowest BCUT2D eigenvalue weighted by Gasteiger charge is -2.52. The van der Waals surface area contributed by atoms with Crippen LogP contribution in [0, 0.1) is 5.41 Å². The molecular weight excluding hydrogens is 278 g/mol. The van der Waals surface area contributed by atoms with E-state index in [0.717, 1.165) is 19.8 Å². The van der Waals surface area contributed by atoms with Crippen molar-refractivity contribution in [2.45, 2.75) is 19.4 Å². The zero-order chi connectivity index (χ0) is 11.7. The fourth-order valence-corrected chi connectivity index (χ4v) is 3.41. The second-order valence-electron chi connectivity index (χ2n) is 5.35. The van der Waals surface area contributed by atoms with Crippen LogP contribution in [0.25, 0.3) is 0 Å². The molecular formula is C14H18BrNO. The van der Waals surface area contributed by atoms with Gasteiger partial charge >= 0.3 is 0 Å². The van der Waals surface area contributed by atoms with Gasteiger partial charge in [-0.15, -0.1) is 0 Å². The number of halogens is 1. The van der Waals surface area contributed by atoms with Gasteiger partial charge in [-0.2, -0.15) is 0 Å². The first-order chi connectivity index (χ1) is 8.27. The summed E-state index contributed by atoms with van der Waals surface area (Å²) in [5.74, 6) is 0. The predicted molar refractivity (Wildman–Crippen MR) is 71.9 cm³/mol. The van der Waals surface area contributed by atoms with Crippen molar-refractivity contribution in [3.05, 3.63) is 34.3 Å². The Balaban J connectivity index is 1.58. The number of benzene rings is 1. The van der Waals surface area contributed by atoms with E-state index >= 15 is 0 Å². The van der Waals surface area contributed by atoms with E-state index in [-0.39, 0.29) is 0 Å². The lowest BCUT2D eigenvalue weighted by Crippen LogP contribution is -2.57. The minimum Gasteiger partial charge on any atom is -0.381 e. The van der Waals surface area contributed by atoms with E-state index < -0.39 is 0 Å². The highest BCUT2D eigenvalue weighted by Crippen LogP contribution is 2.40. The highest BCUT2D eigenvalue weighted by Gasteiger charge is 2.43. The molecule has 0 bridgehead atoms. The van der Waals surface area contributed by atoms with Crippen LogP contribution in [0.2, 0.25) is 0 Å². The molecule has 2 heterocycles. The summed E-state index contributed by atoms with van der Waals surface area (Å²) in [7, 11) is 0. The minimum absolute atomic E-state index is 0.583. The quantitative estimate of drug-likeness (QED) is 0.831. The van der Waals surface area contributed by atoms with Crippen molar-refractivity contribution < 1.29 is 4.74 Å². The first kappa shape index (κ1) is 11.7. The van der Waals surface area contributed by atoms with Crippen LogP contribution in [0.15, 0.2) is 28.7 Å². The molecule has 3 heteroatoms. The number of rotatable bonds is 2. The second kappa shape index (κ2) is 4.71. The molecule has 1 spiro atoms. The largest absolute Gasteiger partial charge is 0.381 e. The van der Waals surface area contributed by atoms with Crippen molar-refractivity contribution in [1.82, 2.24) is 4.90 Å². The summed E-state index contributed by atoms with van der Waals surface area (Å²) in [4.78, 5) is 2.55. The van der Waals surface area contributed by atoms with Gasteiger partial charge in [0.15, 0.2) is 0 Å². The van der Waals surface area contributed by atoms with Crippen molar-refractivity contribution in [2.75, 3.05) is 26.3 Å². The molecule has 1 aromatic rings. The topological polar surface area (TPSA) is 12.5 Å². The Kier molecular flexibility index (Phi) is 3.24. The van der Waals surface area contributed by atoms with E-state index in [1.165, 1.54) is 36.0 Å². The van der Waals surface area contributed by atoms with Gasteiger partial charge in [-0.1, -0.05) is 34.1 Å². The van der Waals surface area contributed by atoms with Crippen LogP contribution in [-0.2, 0) is 11.3 Å². The van der Waals surface area contributed by atoms with Crippen molar-refractivity contribution in [3.63, 3.8) is 0 Å². The van der Waals surface area contributed by atoms with Gasteiger partial charge in [0.2, 0.25) is 0 Å². The highest BCUT2D eigenvalue weighted by molar-refractivity contribution is 9.10. The Hall–Kier alpha value is -0.380. The number of nitrogens with zero attached hydrogens (tertiary/aromatic N) is 1. The predicted octanol–water partition coefficient (Wildman–Crippen LogP) is 3.06. The molecule has 0 saturated carbocycles. The molecule has 17 heavy (non-hydrogen) atoms. The Morgan fingerprint density at radius 3 is 2.59 bits per heavy atom. The van der Waals surface area contributed by atoms with Crippen LogP contribution >= 0.6 is 15.9 Å². The zero-order valence-electron chi connectivity index (χ0n) is 9.99. The smallest absolute Gasteiger partial charge is 0.0472 e. The van der Waals surface area contributed by atoms with Gasteiger partial charge in [0.1, 0.15) is 0 Å². The lowest BCUT2D eigenvalue weighted by atomic mass is 9.73. The molecule has 92 valence electrons. The first-order valence-electron chi connectivity index (χ1n) is 6.31. The molecule has 0 atom stereocenters. The molecule has 0 radical (unpaired) electrons. The molecule has 0 amide bonds. The van der Waals surface area contributed by atoms with E-state index in [1.54, 1.807) is 0 Å². The third-order valence-corrected chi connectivity index (χ3v) is 4.80. The van der Waals surface area contributed by atoms with E-state index in [0.29, 0.717) is 5.41 Å². The highest BCUT2D eigenvalue weighted by atomic mass is 79.9. The monoisotopic (exact) mass is 295 g/mol. The summed E-state index contributed by atoms with van der Waals surface area (Å²) in [6, 6.07) is 8.52. The van der Waals surface area contributed by atoms with Crippen LogP contribution in [0.5, 0.6) is 0 Å². The van der Waals surface area contributed by atoms with Gasteiger partial charge in [0, 0.05) is 42.7 Å². The van der Waals surface area contributed by atoms with Gasteiger partial charge in [0.05, 0.1) is 0 Å². The average Bonchev–Trinajstić information content (AvgIpc) is 2.31. The van der Waals surface area contributed by atoms with E-state index in [2.05, 4.69) is 45.1 Å². The molecule has 2 nitrogen and oxygen atoms in total. The number of hydrogen-bond donors (Lipinski definition) is 0. The van der Waals surface area contributed by atoms with E-state index in [1.807, 2.05) is 0 Å². The average molecular weight is 296 g/mol. The van der Waals surface area contributed by atoms with Gasteiger partial charge < -0.3 is 4.74 Å². The van der Waals surface area contributed by atoms with Crippen LogP contribution in [0.4, 0.5) is 0 Å². The maximum Gasteiger partial charge on any atom is 0.0472 e. The molecule has 3 rings (SSSR count). The molecule has 0 aromatic heterocycles. The molecule has 0 unspecified atom stereocenters. The van der Waals surface area contributed by atoms with Crippen LogP contribution in [0.1, 0.15) is 18.4 Å². The molecule has 2 aliphatic rings. The Morgan fingerprint density at radius 1 is 1.18 bits per heavy atom. The Labute approximate surface area is 111 Å². The fourth-order valence-electron chi connectivity index (χ4n) is 3.00. The molecule has 1 aromatic carbocycles. The summed E-state index contributed by atoms with van der Waals surface area (Å²) in [5, 5.41) is 0. The molecule has 2 fully saturated rings. The van der Waals surface area contributed by atoms with Crippen molar-refractivity contribution in [1.29, 1.82) is 0 Å². The number of ether oxygens (including phenoxy) is 1. The summed E-state index contributed by atoms with van der Waals surface area (Å²) >= 11 is 3.62. The first-order valence-corrected chi connectivity index (χ1v) is 7.10. The maximum atomic E-state index is 5.45. The third-order valence-electron chi connectivity index (χ3n) is 4.02. The molecule has 2 aliphatic heterocycles. The summed E-state index contributed by atoms with van der Waals surface area (Å²) in [6.45, 7) is 5.49. The zero-order valence-corrected chi connectivity index (χ0v) is 11.6. The van der Waals surface area contributed by atoms with E-state index in [4.69, 9.17) is 4.74 Å². The Morgan fingerprint density at radius 2 is 1.88 bits per heavy atom. The Bertz CT molecular complexity index is 393. The van der Waals surface area contributed by atoms with Crippen LogP contribution in [0.3, 0.4) is 0 Å². The van der Waals surface area contributed by atoms with Gasteiger partial charge in [-0.05, 0) is 24.5 Å². The second-order valence-corrected chi connectivity index (χ2v) is 6.20. The standard InChI is InChI=1S/C14H18BrNO/c15-13-4-2-1-3-12(13)9-16-10-14(11-16)5-7-17-8-6-14/h1-4H,5-11H2. The van der Waals surface area contributed by atoms with Crippen LogP contribution < -0.4 is 0 Å². The normalized spacial score (nSPS) is 23.6. The molecule has 0 N–H and O–H groups in total. The van der Waals surface area contributed by atoms with Gasteiger partial charge in [0.25, 0.3) is 0 Å².